The lowest BCUT2D eigenvalue weighted by Crippen LogP contribution is -1.99. The van der Waals surface area contributed by atoms with Crippen molar-refractivity contribution in [3.63, 3.8) is 0 Å². The molecule has 0 saturated heterocycles. The van der Waals surface area contributed by atoms with Crippen LogP contribution < -0.4 is 0 Å². The standard InChI is InChI=1S/C15H18N4S/c1-9(2)14-16-17-15-19(14)18-13(20-15)8-12-7-10(3)5-6-11(12)4/h5-7,9H,8H2,1-4H3. The summed E-state index contributed by atoms with van der Waals surface area (Å²) in [5.74, 6) is 1.27. The minimum absolute atomic E-state index is 0.334. The van der Waals surface area contributed by atoms with E-state index in [9.17, 15) is 0 Å². The number of nitrogens with zero attached hydrogens (tertiary/aromatic N) is 4. The van der Waals surface area contributed by atoms with E-state index in [1.165, 1.54) is 16.7 Å². The highest BCUT2D eigenvalue weighted by molar-refractivity contribution is 7.16. The topological polar surface area (TPSA) is 43.1 Å². The fourth-order valence-corrected chi connectivity index (χ4v) is 3.12. The van der Waals surface area contributed by atoms with Gasteiger partial charge >= 0.3 is 0 Å². The quantitative estimate of drug-likeness (QED) is 0.740. The van der Waals surface area contributed by atoms with Crippen LogP contribution in [0.25, 0.3) is 4.96 Å². The number of hydrogen-bond acceptors (Lipinski definition) is 4. The zero-order valence-electron chi connectivity index (χ0n) is 12.2. The van der Waals surface area contributed by atoms with E-state index in [1.54, 1.807) is 11.3 Å². The Bertz CT molecular complexity index is 754. The van der Waals surface area contributed by atoms with Crippen molar-refractivity contribution < 1.29 is 0 Å². The van der Waals surface area contributed by atoms with Gasteiger partial charge in [-0.05, 0) is 25.0 Å². The van der Waals surface area contributed by atoms with Crippen LogP contribution in [0.15, 0.2) is 18.2 Å². The molecule has 0 bridgehead atoms. The zero-order chi connectivity index (χ0) is 14.3. The van der Waals surface area contributed by atoms with Crippen LogP contribution in [-0.4, -0.2) is 19.8 Å². The third-order valence-electron chi connectivity index (χ3n) is 3.42. The van der Waals surface area contributed by atoms with Crippen molar-refractivity contribution in [3.8, 4) is 0 Å². The Labute approximate surface area is 122 Å². The Balaban J connectivity index is 1.97. The molecule has 0 spiro atoms. The molecule has 3 aromatic rings. The van der Waals surface area contributed by atoms with Gasteiger partial charge in [-0.3, -0.25) is 0 Å². The van der Waals surface area contributed by atoms with Crippen LogP contribution in [0.1, 0.15) is 47.3 Å². The van der Waals surface area contributed by atoms with Crippen molar-refractivity contribution in [2.75, 3.05) is 0 Å². The van der Waals surface area contributed by atoms with Crippen LogP contribution in [0.2, 0.25) is 0 Å². The van der Waals surface area contributed by atoms with Crippen LogP contribution in [-0.2, 0) is 6.42 Å². The molecular weight excluding hydrogens is 268 g/mol. The number of fused-ring (bicyclic) bond motifs is 1. The number of aromatic nitrogens is 4. The Kier molecular flexibility index (Phi) is 3.30. The zero-order valence-corrected chi connectivity index (χ0v) is 13.0. The van der Waals surface area contributed by atoms with E-state index >= 15 is 0 Å². The van der Waals surface area contributed by atoms with E-state index in [4.69, 9.17) is 0 Å². The first-order valence-electron chi connectivity index (χ1n) is 6.81. The molecule has 4 nitrogen and oxygen atoms in total. The summed E-state index contributed by atoms with van der Waals surface area (Å²) in [7, 11) is 0. The van der Waals surface area contributed by atoms with Gasteiger partial charge in [-0.1, -0.05) is 48.9 Å². The molecule has 0 amide bonds. The molecule has 0 N–H and O–H groups in total. The lowest BCUT2D eigenvalue weighted by Gasteiger charge is -2.04. The third kappa shape index (κ3) is 2.33. The molecule has 5 heteroatoms. The lowest BCUT2D eigenvalue weighted by molar-refractivity contribution is 0.719. The van der Waals surface area contributed by atoms with Crippen molar-refractivity contribution >= 4 is 16.3 Å². The Hall–Kier alpha value is -1.75. The maximum atomic E-state index is 4.67. The molecule has 0 fully saturated rings. The maximum Gasteiger partial charge on any atom is 0.234 e. The fraction of sp³-hybridized carbons (Fsp3) is 0.400. The second-order valence-corrected chi connectivity index (χ2v) is 6.55. The minimum atomic E-state index is 0.334. The molecule has 0 aliphatic heterocycles. The molecule has 0 aliphatic rings. The lowest BCUT2D eigenvalue weighted by atomic mass is 10.0. The molecule has 0 saturated carbocycles. The SMILES string of the molecule is Cc1ccc(C)c(Cc2nn3c(C(C)C)nnc3s2)c1. The van der Waals surface area contributed by atoms with E-state index in [0.717, 1.165) is 22.2 Å². The fourth-order valence-electron chi connectivity index (χ4n) is 2.26. The van der Waals surface area contributed by atoms with Gasteiger partial charge in [-0.25, -0.2) is 0 Å². The summed E-state index contributed by atoms with van der Waals surface area (Å²) in [6, 6.07) is 6.56. The summed E-state index contributed by atoms with van der Waals surface area (Å²) < 4.78 is 1.88. The second-order valence-electron chi connectivity index (χ2n) is 5.51. The van der Waals surface area contributed by atoms with Crippen LogP contribution in [0.4, 0.5) is 0 Å². The van der Waals surface area contributed by atoms with Crippen LogP contribution in [0.5, 0.6) is 0 Å². The molecule has 1 aromatic carbocycles. The first-order valence-corrected chi connectivity index (χ1v) is 7.63. The molecule has 0 atom stereocenters. The van der Waals surface area contributed by atoms with Gasteiger partial charge in [0.15, 0.2) is 5.82 Å². The Morgan fingerprint density at radius 1 is 1.20 bits per heavy atom. The van der Waals surface area contributed by atoms with Gasteiger partial charge in [-0.15, -0.1) is 10.2 Å². The molecule has 3 rings (SSSR count). The number of benzene rings is 1. The normalized spacial score (nSPS) is 11.7. The van der Waals surface area contributed by atoms with Crippen molar-refractivity contribution in [2.24, 2.45) is 0 Å². The highest BCUT2D eigenvalue weighted by Crippen LogP contribution is 2.22. The van der Waals surface area contributed by atoms with Gasteiger partial charge in [-0.2, -0.15) is 9.61 Å². The molecule has 2 aromatic heterocycles. The van der Waals surface area contributed by atoms with Gasteiger partial charge in [0.2, 0.25) is 4.96 Å². The number of rotatable bonds is 3. The summed E-state index contributed by atoms with van der Waals surface area (Å²) >= 11 is 1.62. The van der Waals surface area contributed by atoms with Gasteiger partial charge in [0, 0.05) is 12.3 Å². The summed E-state index contributed by atoms with van der Waals surface area (Å²) in [4.78, 5) is 0.883. The monoisotopic (exact) mass is 286 g/mol. The molecule has 2 heterocycles. The summed E-state index contributed by atoms with van der Waals surface area (Å²) in [6.07, 6.45) is 0.860. The maximum absolute atomic E-state index is 4.67. The van der Waals surface area contributed by atoms with Crippen LogP contribution in [0.3, 0.4) is 0 Å². The molecule has 20 heavy (non-hydrogen) atoms. The third-order valence-corrected chi connectivity index (χ3v) is 4.32. The van der Waals surface area contributed by atoms with Crippen molar-refractivity contribution in [3.05, 3.63) is 45.7 Å². The molecule has 0 unspecified atom stereocenters. The van der Waals surface area contributed by atoms with E-state index in [-0.39, 0.29) is 0 Å². The summed E-state index contributed by atoms with van der Waals surface area (Å²) in [5, 5.41) is 14.2. The van der Waals surface area contributed by atoms with Crippen LogP contribution in [0, 0.1) is 13.8 Å². The average molecular weight is 286 g/mol. The van der Waals surface area contributed by atoms with Crippen molar-refractivity contribution in [1.29, 1.82) is 0 Å². The number of hydrogen-bond donors (Lipinski definition) is 0. The summed E-state index contributed by atoms with van der Waals surface area (Å²) in [6.45, 7) is 8.49. The van der Waals surface area contributed by atoms with E-state index in [0.29, 0.717) is 5.92 Å². The first kappa shape index (κ1) is 13.2. The van der Waals surface area contributed by atoms with E-state index in [1.807, 2.05) is 4.52 Å². The highest BCUT2D eigenvalue weighted by Gasteiger charge is 2.14. The largest absolute Gasteiger partial charge is 0.234 e. The van der Waals surface area contributed by atoms with Crippen LogP contribution >= 0.6 is 11.3 Å². The first-order chi connectivity index (χ1) is 9.54. The van der Waals surface area contributed by atoms with E-state index in [2.05, 4.69) is 61.2 Å². The van der Waals surface area contributed by atoms with Crippen molar-refractivity contribution in [2.45, 2.75) is 40.0 Å². The average Bonchev–Trinajstić information content (AvgIpc) is 2.92. The second kappa shape index (κ2) is 4.98. The predicted octanol–water partition coefficient (Wildman–Crippen LogP) is 3.52. The molecule has 0 aliphatic carbocycles. The van der Waals surface area contributed by atoms with Gasteiger partial charge < -0.3 is 0 Å². The highest BCUT2D eigenvalue weighted by atomic mass is 32.1. The number of aryl methyl sites for hydroxylation is 2. The molecule has 104 valence electrons. The molecule has 0 radical (unpaired) electrons. The Morgan fingerprint density at radius 3 is 2.75 bits per heavy atom. The summed E-state index contributed by atoms with van der Waals surface area (Å²) in [5.41, 5.74) is 3.93. The predicted molar refractivity (Wildman–Crippen MR) is 81.5 cm³/mol. The van der Waals surface area contributed by atoms with Gasteiger partial charge in [0.1, 0.15) is 5.01 Å². The van der Waals surface area contributed by atoms with E-state index < -0.39 is 0 Å². The Morgan fingerprint density at radius 2 is 2.00 bits per heavy atom. The van der Waals surface area contributed by atoms with Gasteiger partial charge in [0.05, 0.1) is 0 Å². The van der Waals surface area contributed by atoms with Crippen molar-refractivity contribution in [1.82, 2.24) is 19.8 Å². The minimum Gasteiger partial charge on any atom is -0.187 e. The molecular formula is C15H18N4S. The van der Waals surface area contributed by atoms with Gasteiger partial charge in [0.25, 0.3) is 0 Å². The smallest absolute Gasteiger partial charge is 0.187 e.